The predicted molar refractivity (Wildman–Crippen MR) is 66.9 cm³/mol. The zero-order valence-corrected chi connectivity index (χ0v) is 10.9. The Hall–Kier alpha value is -2.18. The Morgan fingerprint density at radius 2 is 2.20 bits per heavy atom. The number of esters is 1. The minimum Gasteiger partial charge on any atom is -0.478 e. The number of halogens is 1. The fraction of sp³-hybridized carbons (Fsp3) is 0.462. The third-order valence-corrected chi connectivity index (χ3v) is 3.42. The normalized spacial score (nSPS) is 16.1. The first-order chi connectivity index (χ1) is 9.47. The number of rotatable bonds is 5. The lowest BCUT2D eigenvalue weighted by Gasteiger charge is -2.40. The van der Waals surface area contributed by atoms with Crippen molar-refractivity contribution in [2.75, 3.05) is 7.11 Å². The third kappa shape index (κ3) is 2.71. The van der Waals surface area contributed by atoms with Gasteiger partial charge in [-0.05, 0) is 25.3 Å². The summed E-state index contributed by atoms with van der Waals surface area (Å²) in [5, 5.41) is 10.9. The highest BCUT2D eigenvalue weighted by Gasteiger charge is 2.43. The standard InChI is InChI=1S/C13H14FNO5/c1-19-11(16)8-13(6-3-7-13)20-12-9(14)4-2-5-10(12)15(17)18/h2,4-5H,3,6-8H2,1H3. The van der Waals surface area contributed by atoms with Gasteiger partial charge in [0.25, 0.3) is 0 Å². The van der Waals surface area contributed by atoms with Gasteiger partial charge < -0.3 is 9.47 Å². The van der Waals surface area contributed by atoms with E-state index in [9.17, 15) is 19.3 Å². The maximum Gasteiger partial charge on any atom is 0.314 e. The number of nitro groups is 1. The van der Waals surface area contributed by atoms with Crippen molar-refractivity contribution >= 4 is 11.7 Å². The summed E-state index contributed by atoms with van der Waals surface area (Å²) in [4.78, 5) is 21.6. The molecule has 0 amide bonds. The SMILES string of the molecule is COC(=O)CC1(Oc2c(F)cccc2[N+](=O)[O-])CCC1. The molecule has 20 heavy (non-hydrogen) atoms. The second-order valence-corrected chi connectivity index (χ2v) is 4.74. The fourth-order valence-electron chi connectivity index (χ4n) is 2.18. The minimum atomic E-state index is -0.903. The molecule has 1 aromatic rings. The maximum absolute atomic E-state index is 13.8. The first-order valence-corrected chi connectivity index (χ1v) is 6.16. The number of nitrogens with zero attached hydrogens (tertiary/aromatic N) is 1. The van der Waals surface area contributed by atoms with E-state index < -0.39 is 33.7 Å². The van der Waals surface area contributed by atoms with Crippen LogP contribution in [0.2, 0.25) is 0 Å². The third-order valence-electron chi connectivity index (χ3n) is 3.42. The molecule has 1 aromatic carbocycles. The number of carbonyl (C=O) groups excluding carboxylic acids is 1. The monoisotopic (exact) mass is 283 g/mol. The summed E-state index contributed by atoms with van der Waals surface area (Å²) in [5.41, 5.74) is -1.35. The second-order valence-electron chi connectivity index (χ2n) is 4.74. The molecule has 2 rings (SSSR count). The van der Waals surface area contributed by atoms with E-state index in [-0.39, 0.29) is 6.42 Å². The van der Waals surface area contributed by atoms with Gasteiger partial charge in [-0.25, -0.2) is 4.39 Å². The van der Waals surface area contributed by atoms with Crippen molar-refractivity contribution in [2.24, 2.45) is 0 Å². The lowest BCUT2D eigenvalue weighted by atomic mass is 9.77. The van der Waals surface area contributed by atoms with Crippen LogP contribution in [0.1, 0.15) is 25.7 Å². The van der Waals surface area contributed by atoms with Crippen LogP contribution in [0.25, 0.3) is 0 Å². The molecule has 108 valence electrons. The van der Waals surface area contributed by atoms with Gasteiger partial charge >= 0.3 is 11.7 Å². The Labute approximate surface area is 114 Å². The Morgan fingerprint density at radius 3 is 2.70 bits per heavy atom. The first kappa shape index (κ1) is 14.2. The van der Waals surface area contributed by atoms with Crippen LogP contribution in [0.3, 0.4) is 0 Å². The van der Waals surface area contributed by atoms with Gasteiger partial charge in [-0.1, -0.05) is 6.07 Å². The van der Waals surface area contributed by atoms with Crippen LogP contribution in [0, 0.1) is 15.9 Å². The summed E-state index contributed by atoms with van der Waals surface area (Å²) < 4.78 is 23.9. The Balaban J connectivity index is 2.28. The summed E-state index contributed by atoms with van der Waals surface area (Å²) in [5.74, 6) is -1.71. The molecule has 0 aromatic heterocycles. The number of nitro benzene ring substituents is 1. The highest BCUT2D eigenvalue weighted by molar-refractivity contribution is 5.71. The highest BCUT2D eigenvalue weighted by Crippen LogP contribution is 2.43. The molecule has 0 heterocycles. The van der Waals surface area contributed by atoms with E-state index in [2.05, 4.69) is 4.74 Å². The van der Waals surface area contributed by atoms with Crippen molar-refractivity contribution in [3.63, 3.8) is 0 Å². The molecule has 0 saturated heterocycles. The molecule has 6 nitrogen and oxygen atoms in total. The molecule has 7 heteroatoms. The van der Waals surface area contributed by atoms with Gasteiger partial charge in [0.05, 0.1) is 18.5 Å². The molecule has 0 radical (unpaired) electrons. The van der Waals surface area contributed by atoms with E-state index in [1.165, 1.54) is 19.2 Å². The molecule has 0 aliphatic heterocycles. The molecule has 0 unspecified atom stereocenters. The summed E-state index contributed by atoms with van der Waals surface area (Å²) in [7, 11) is 1.25. The van der Waals surface area contributed by atoms with E-state index in [1.54, 1.807) is 0 Å². The zero-order chi connectivity index (χ0) is 14.8. The van der Waals surface area contributed by atoms with Crippen LogP contribution in [0.4, 0.5) is 10.1 Å². The van der Waals surface area contributed by atoms with Crippen molar-refractivity contribution in [1.82, 2.24) is 0 Å². The van der Waals surface area contributed by atoms with Crippen LogP contribution < -0.4 is 4.74 Å². The van der Waals surface area contributed by atoms with Crippen molar-refractivity contribution in [3.8, 4) is 5.75 Å². The summed E-state index contributed by atoms with van der Waals surface area (Å²) in [6.07, 6.45) is 1.84. The lowest BCUT2D eigenvalue weighted by Crippen LogP contribution is -2.45. The van der Waals surface area contributed by atoms with E-state index in [0.29, 0.717) is 12.8 Å². The number of hydrogen-bond acceptors (Lipinski definition) is 5. The van der Waals surface area contributed by atoms with Gasteiger partial charge in [-0.3, -0.25) is 14.9 Å². The van der Waals surface area contributed by atoms with Crippen LogP contribution in [0.5, 0.6) is 5.75 Å². The molecule has 0 spiro atoms. The zero-order valence-electron chi connectivity index (χ0n) is 10.9. The van der Waals surface area contributed by atoms with Crippen LogP contribution in [-0.2, 0) is 9.53 Å². The molecule has 1 saturated carbocycles. The number of carbonyl (C=O) groups is 1. The van der Waals surface area contributed by atoms with Gasteiger partial charge in [-0.15, -0.1) is 0 Å². The van der Waals surface area contributed by atoms with Crippen LogP contribution in [0.15, 0.2) is 18.2 Å². The average molecular weight is 283 g/mol. The summed E-state index contributed by atoms with van der Waals surface area (Å²) >= 11 is 0. The minimum absolute atomic E-state index is 0.0466. The number of ether oxygens (including phenoxy) is 2. The Morgan fingerprint density at radius 1 is 1.50 bits per heavy atom. The summed E-state index contributed by atoms with van der Waals surface area (Å²) in [6.45, 7) is 0. The molecule has 1 aliphatic carbocycles. The average Bonchev–Trinajstić information content (AvgIpc) is 2.37. The van der Waals surface area contributed by atoms with Gasteiger partial charge in [-0.2, -0.15) is 0 Å². The molecule has 0 N–H and O–H groups in total. The van der Waals surface area contributed by atoms with E-state index >= 15 is 0 Å². The van der Waals surface area contributed by atoms with Crippen molar-refractivity contribution in [3.05, 3.63) is 34.1 Å². The van der Waals surface area contributed by atoms with Crippen LogP contribution in [-0.4, -0.2) is 23.6 Å². The second kappa shape index (κ2) is 5.44. The van der Waals surface area contributed by atoms with Gasteiger partial charge in [0, 0.05) is 6.07 Å². The van der Waals surface area contributed by atoms with Gasteiger partial charge in [0.1, 0.15) is 5.60 Å². The fourth-order valence-corrected chi connectivity index (χ4v) is 2.18. The lowest BCUT2D eigenvalue weighted by molar-refractivity contribution is -0.386. The van der Waals surface area contributed by atoms with E-state index in [0.717, 1.165) is 12.5 Å². The van der Waals surface area contributed by atoms with Crippen molar-refractivity contribution in [2.45, 2.75) is 31.3 Å². The predicted octanol–water partition coefficient (Wildman–Crippen LogP) is 2.60. The number of methoxy groups -OCH3 is 1. The van der Waals surface area contributed by atoms with Gasteiger partial charge in [0.15, 0.2) is 5.82 Å². The number of benzene rings is 1. The first-order valence-electron chi connectivity index (χ1n) is 6.16. The Kier molecular flexibility index (Phi) is 3.87. The maximum atomic E-state index is 13.8. The van der Waals surface area contributed by atoms with Crippen molar-refractivity contribution < 1.29 is 23.6 Å². The summed E-state index contributed by atoms with van der Waals surface area (Å²) in [6, 6.07) is 3.50. The molecule has 0 bridgehead atoms. The molecule has 1 fully saturated rings. The number of para-hydroxylation sites is 1. The molecule has 0 atom stereocenters. The smallest absolute Gasteiger partial charge is 0.314 e. The quantitative estimate of drug-likeness (QED) is 0.471. The largest absolute Gasteiger partial charge is 0.478 e. The topological polar surface area (TPSA) is 78.7 Å². The van der Waals surface area contributed by atoms with Gasteiger partial charge in [0.2, 0.25) is 5.75 Å². The highest BCUT2D eigenvalue weighted by atomic mass is 19.1. The Bertz CT molecular complexity index is 542. The molecular weight excluding hydrogens is 269 g/mol. The van der Waals surface area contributed by atoms with E-state index in [4.69, 9.17) is 4.74 Å². The van der Waals surface area contributed by atoms with Crippen molar-refractivity contribution in [1.29, 1.82) is 0 Å². The van der Waals surface area contributed by atoms with E-state index in [1.807, 2.05) is 0 Å². The molecular formula is C13H14FNO5. The molecule has 1 aliphatic rings. The number of hydrogen-bond donors (Lipinski definition) is 0. The van der Waals surface area contributed by atoms with Crippen LogP contribution >= 0.6 is 0 Å².